The van der Waals surface area contributed by atoms with Gasteiger partial charge in [0, 0.05) is 33.3 Å². The molecule has 6 nitrogen and oxygen atoms in total. The van der Waals surface area contributed by atoms with E-state index < -0.39 is 0 Å². The Hall–Kier alpha value is -0.570. The van der Waals surface area contributed by atoms with Crippen LogP contribution in [0.25, 0.3) is 0 Å². The van der Waals surface area contributed by atoms with Crippen LogP contribution in [0.3, 0.4) is 0 Å². The van der Waals surface area contributed by atoms with E-state index >= 15 is 0 Å². The van der Waals surface area contributed by atoms with E-state index in [9.17, 15) is 4.79 Å². The zero-order chi connectivity index (χ0) is 18.4. The molecule has 3 rings (SSSR count). The van der Waals surface area contributed by atoms with Crippen molar-refractivity contribution in [2.45, 2.75) is 69.9 Å². The normalized spacial score (nSPS) is 30.8. The lowest BCUT2D eigenvalue weighted by molar-refractivity contribution is -0.127. The van der Waals surface area contributed by atoms with Gasteiger partial charge in [0.05, 0.1) is 6.10 Å². The van der Waals surface area contributed by atoms with Crippen LogP contribution < -0.4 is 10.6 Å². The highest BCUT2D eigenvalue weighted by Gasteiger charge is 2.32. The third kappa shape index (κ3) is 7.07. The lowest BCUT2D eigenvalue weighted by Crippen LogP contribution is -2.48. The molecule has 3 aliphatic rings. The first-order valence-corrected chi connectivity index (χ1v) is 10.5. The Labute approximate surface area is 181 Å². The molecule has 0 aromatic rings. The molecule has 0 spiro atoms. The number of halogens is 1. The van der Waals surface area contributed by atoms with Crippen LogP contribution in [-0.4, -0.2) is 62.7 Å². The summed E-state index contributed by atoms with van der Waals surface area (Å²) in [6.45, 7) is 1.81. The quantitative estimate of drug-likeness (QED) is 0.352. The predicted octanol–water partition coefficient (Wildman–Crippen LogP) is 2.77. The van der Waals surface area contributed by atoms with Crippen molar-refractivity contribution in [3.63, 3.8) is 0 Å². The van der Waals surface area contributed by atoms with E-state index in [1.807, 2.05) is 0 Å². The van der Waals surface area contributed by atoms with Gasteiger partial charge in [0.15, 0.2) is 5.96 Å². The Morgan fingerprint density at radius 3 is 2.56 bits per heavy atom. The van der Waals surface area contributed by atoms with E-state index in [0.717, 1.165) is 43.8 Å². The molecule has 3 fully saturated rings. The van der Waals surface area contributed by atoms with Crippen molar-refractivity contribution in [3.8, 4) is 0 Å². The molecular formula is C20H37IN4O2. The fraction of sp³-hybridized carbons (Fsp3) is 0.900. The van der Waals surface area contributed by atoms with Crippen LogP contribution in [0.4, 0.5) is 0 Å². The molecule has 1 aliphatic heterocycles. The summed E-state index contributed by atoms with van der Waals surface area (Å²) in [5.74, 6) is 2.62. The van der Waals surface area contributed by atoms with Crippen LogP contribution in [0.1, 0.15) is 57.8 Å². The number of nitrogens with one attached hydrogen (secondary N) is 2. The van der Waals surface area contributed by atoms with Gasteiger partial charge < -0.3 is 20.3 Å². The lowest BCUT2D eigenvalue weighted by atomic mass is 9.69. The zero-order valence-corrected chi connectivity index (χ0v) is 19.2. The molecule has 7 heteroatoms. The first-order valence-electron chi connectivity index (χ1n) is 10.5. The average molecular weight is 492 g/mol. The van der Waals surface area contributed by atoms with Gasteiger partial charge in [0.25, 0.3) is 0 Å². The third-order valence-electron chi connectivity index (χ3n) is 6.27. The Kier molecular flexibility index (Phi) is 9.62. The maximum atomic E-state index is 11.9. The molecule has 1 heterocycles. The van der Waals surface area contributed by atoms with Crippen molar-refractivity contribution in [2.75, 3.05) is 33.8 Å². The monoisotopic (exact) mass is 492 g/mol. The molecule has 1 amide bonds. The Bertz CT molecular complexity index is 494. The maximum Gasteiger partial charge on any atom is 0.243 e. The number of guanidine groups is 1. The number of nitrogens with zero attached hydrogens (tertiary/aromatic N) is 2. The summed E-state index contributed by atoms with van der Waals surface area (Å²) in [5, 5.41) is 7.04. The number of likely N-dealkylation sites (N-methyl/N-ethyl adjacent to an activating group) is 1. The van der Waals surface area contributed by atoms with Gasteiger partial charge in [-0.15, -0.1) is 24.0 Å². The van der Waals surface area contributed by atoms with Crippen LogP contribution in [0.15, 0.2) is 4.99 Å². The average Bonchev–Trinajstić information content (AvgIpc) is 3.17. The fourth-order valence-electron chi connectivity index (χ4n) is 4.65. The summed E-state index contributed by atoms with van der Waals surface area (Å²) < 4.78 is 5.71. The third-order valence-corrected chi connectivity index (χ3v) is 6.27. The standard InChI is InChI=1S/C20H36N4O2.HI/c1-24(2)19(25)14-22-20(21-13-18-8-5-11-26-18)23-17-10-9-15-6-3-4-7-16(15)12-17;/h15-18H,3-14H2,1-2H3,(H2,21,22,23);1H. The fourth-order valence-corrected chi connectivity index (χ4v) is 4.65. The minimum atomic E-state index is 0. The molecule has 2 saturated carbocycles. The summed E-state index contributed by atoms with van der Waals surface area (Å²) in [6.07, 6.45) is 11.9. The van der Waals surface area contributed by atoms with Crippen molar-refractivity contribution < 1.29 is 9.53 Å². The number of rotatable bonds is 5. The van der Waals surface area contributed by atoms with Crippen LogP contribution in [0, 0.1) is 11.8 Å². The van der Waals surface area contributed by atoms with E-state index in [4.69, 9.17) is 4.74 Å². The topological polar surface area (TPSA) is 66.0 Å². The van der Waals surface area contributed by atoms with Gasteiger partial charge in [-0.3, -0.25) is 4.79 Å². The molecule has 0 aromatic carbocycles. The van der Waals surface area contributed by atoms with Crippen LogP contribution in [-0.2, 0) is 9.53 Å². The number of carbonyl (C=O) groups is 1. The molecule has 4 unspecified atom stereocenters. The molecule has 0 aromatic heterocycles. The van der Waals surface area contributed by atoms with Crippen molar-refractivity contribution >= 4 is 35.8 Å². The SMILES string of the molecule is CN(C)C(=O)CN=C(NCC1CCCO1)NC1CCC2CCCCC2C1.I. The number of hydrogen-bond acceptors (Lipinski definition) is 3. The van der Waals surface area contributed by atoms with Crippen molar-refractivity contribution in [3.05, 3.63) is 0 Å². The van der Waals surface area contributed by atoms with Gasteiger partial charge in [0.2, 0.25) is 5.91 Å². The zero-order valence-electron chi connectivity index (χ0n) is 16.9. The second-order valence-corrected chi connectivity index (χ2v) is 8.43. The summed E-state index contributed by atoms with van der Waals surface area (Å²) in [5.41, 5.74) is 0. The number of aliphatic imine (C=N–C) groups is 1. The summed E-state index contributed by atoms with van der Waals surface area (Å²) in [4.78, 5) is 18.1. The van der Waals surface area contributed by atoms with Crippen molar-refractivity contribution in [1.82, 2.24) is 15.5 Å². The smallest absolute Gasteiger partial charge is 0.243 e. The molecule has 156 valence electrons. The molecular weight excluding hydrogens is 455 g/mol. The van der Waals surface area contributed by atoms with Crippen LogP contribution in [0.2, 0.25) is 0 Å². The van der Waals surface area contributed by atoms with Gasteiger partial charge in [-0.2, -0.15) is 0 Å². The second-order valence-electron chi connectivity index (χ2n) is 8.43. The van der Waals surface area contributed by atoms with E-state index in [-0.39, 0.29) is 42.5 Å². The number of fused-ring (bicyclic) bond motifs is 1. The van der Waals surface area contributed by atoms with Crippen molar-refractivity contribution in [1.29, 1.82) is 0 Å². The number of hydrogen-bond donors (Lipinski definition) is 2. The number of ether oxygens (including phenoxy) is 1. The highest BCUT2D eigenvalue weighted by atomic mass is 127. The number of amides is 1. The molecule has 2 N–H and O–H groups in total. The minimum Gasteiger partial charge on any atom is -0.376 e. The Morgan fingerprint density at radius 1 is 1.07 bits per heavy atom. The van der Waals surface area contributed by atoms with Crippen LogP contribution in [0.5, 0.6) is 0 Å². The van der Waals surface area contributed by atoms with E-state index in [1.165, 1.54) is 44.9 Å². The van der Waals surface area contributed by atoms with E-state index in [0.29, 0.717) is 6.04 Å². The van der Waals surface area contributed by atoms with Crippen molar-refractivity contribution in [2.24, 2.45) is 16.8 Å². The largest absolute Gasteiger partial charge is 0.376 e. The molecule has 2 aliphatic carbocycles. The lowest BCUT2D eigenvalue weighted by Gasteiger charge is -2.40. The molecule has 27 heavy (non-hydrogen) atoms. The van der Waals surface area contributed by atoms with Crippen LogP contribution >= 0.6 is 24.0 Å². The second kappa shape index (κ2) is 11.4. The van der Waals surface area contributed by atoms with Gasteiger partial charge in [-0.1, -0.05) is 25.7 Å². The van der Waals surface area contributed by atoms with E-state index in [2.05, 4.69) is 15.6 Å². The summed E-state index contributed by atoms with van der Waals surface area (Å²) >= 11 is 0. The maximum absolute atomic E-state index is 11.9. The van der Waals surface area contributed by atoms with Gasteiger partial charge >= 0.3 is 0 Å². The highest BCUT2D eigenvalue weighted by molar-refractivity contribution is 14.0. The molecule has 0 radical (unpaired) electrons. The molecule has 0 bridgehead atoms. The Balaban J connectivity index is 0.00000261. The van der Waals surface area contributed by atoms with Gasteiger partial charge in [-0.25, -0.2) is 4.99 Å². The van der Waals surface area contributed by atoms with E-state index in [1.54, 1.807) is 19.0 Å². The first kappa shape index (κ1) is 22.7. The number of carbonyl (C=O) groups excluding carboxylic acids is 1. The first-order chi connectivity index (χ1) is 12.6. The molecule has 1 saturated heterocycles. The molecule has 4 atom stereocenters. The minimum absolute atomic E-state index is 0. The highest BCUT2D eigenvalue weighted by Crippen LogP contribution is 2.40. The summed E-state index contributed by atoms with van der Waals surface area (Å²) in [7, 11) is 3.55. The van der Waals surface area contributed by atoms with Gasteiger partial charge in [0.1, 0.15) is 6.54 Å². The van der Waals surface area contributed by atoms with Gasteiger partial charge in [-0.05, 0) is 43.9 Å². The Morgan fingerprint density at radius 2 is 1.85 bits per heavy atom. The summed E-state index contributed by atoms with van der Waals surface area (Å²) in [6, 6.07) is 0.472. The predicted molar refractivity (Wildman–Crippen MR) is 120 cm³/mol.